The zero-order valence-electron chi connectivity index (χ0n) is 17.6. The molecule has 2 fully saturated rings. The van der Waals surface area contributed by atoms with Gasteiger partial charge in [-0.3, -0.25) is 4.79 Å². The Morgan fingerprint density at radius 1 is 1.07 bits per heavy atom. The summed E-state index contributed by atoms with van der Waals surface area (Å²) in [6, 6.07) is 7.91. The predicted molar refractivity (Wildman–Crippen MR) is 122 cm³/mol. The third kappa shape index (κ3) is 4.84. The van der Waals surface area contributed by atoms with Gasteiger partial charge < -0.3 is 20.0 Å². The van der Waals surface area contributed by atoms with Gasteiger partial charge >= 0.3 is 0 Å². The molecule has 2 aromatic rings. The minimum absolute atomic E-state index is 0.0679. The van der Waals surface area contributed by atoms with Crippen LogP contribution in [0.4, 0.5) is 17.1 Å². The molecule has 30 heavy (non-hydrogen) atoms. The lowest BCUT2D eigenvalue weighted by Crippen LogP contribution is -2.44. The summed E-state index contributed by atoms with van der Waals surface area (Å²) in [5.41, 5.74) is 3.35. The van der Waals surface area contributed by atoms with E-state index in [0.29, 0.717) is 0 Å². The molecule has 1 aromatic carbocycles. The highest BCUT2D eigenvalue weighted by atomic mass is 35.5. The van der Waals surface area contributed by atoms with Gasteiger partial charge in [-0.25, -0.2) is 9.97 Å². The second-order valence-electron chi connectivity index (χ2n) is 8.33. The van der Waals surface area contributed by atoms with Crippen molar-refractivity contribution in [2.45, 2.75) is 19.8 Å². The molecule has 3 heterocycles. The Hall–Kier alpha value is -2.38. The van der Waals surface area contributed by atoms with E-state index in [4.69, 9.17) is 11.6 Å². The molecule has 160 valence electrons. The molecule has 0 saturated carbocycles. The third-order valence-electron chi connectivity index (χ3n) is 6.08. The van der Waals surface area contributed by atoms with Gasteiger partial charge in [-0.15, -0.1) is 0 Å². The summed E-state index contributed by atoms with van der Waals surface area (Å²) in [7, 11) is 2.16. The number of benzene rings is 1. The summed E-state index contributed by atoms with van der Waals surface area (Å²) in [5.74, 6) is 0.460. The van der Waals surface area contributed by atoms with E-state index in [-0.39, 0.29) is 16.9 Å². The van der Waals surface area contributed by atoms with Crippen LogP contribution in [0, 0.1) is 5.92 Å². The lowest BCUT2D eigenvalue weighted by Gasteiger charge is -2.37. The predicted octanol–water partition coefficient (Wildman–Crippen LogP) is 3.37. The molecule has 0 radical (unpaired) electrons. The average molecular weight is 429 g/mol. The molecule has 0 atom stereocenters. The van der Waals surface area contributed by atoms with Crippen LogP contribution in [-0.2, 0) is 0 Å². The van der Waals surface area contributed by atoms with Gasteiger partial charge in [0.2, 0.25) is 5.28 Å². The number of anilines is 3. The van der Waals surface area contributed by atoms with E-state index in [1.165, 1.54) is 11.9 Å². The molecule has 0 spiro atoms. The van der Waals surface area contributed by atoms with Crippen molar-refractivity contribution in [2.75, 3.05) is 61.4 Å². The lowest BCUT2D eigenvalue weighted by molar-refractivity contribution is 0.102. The highest BCUT2D eigenvalue weighted by Crippen LogP contribution is 2.34. The summed E-state index contributed by atoms with van der Waals surface area (Å²) in [6.45, 7) is 8.44. The number of aromatic nitrogens is 2. The third-order valence-corrected chi connectivity index (χ3v) is 6.26. The van der Waals surface area contributed by atoms with Crippen molar-refractivity contribution in [1.82, 2.24) is 14.9 Å². The van der Waals surface area contributed by atoms with Gasteiger partial charge in [0.1, 0.15) is 5.69 Å². The number of likely N-dealkylation sites (N-methyl/N-ethyl adjacent to an activating group) is 1. The van der Waals surface area contributed by atoms with Crippen molar-refractivity contribution in [2.24, 2.45) is 5.92 Å². The number of piperidine rings is 1. The fourth-order valence-corrected chi connectivity index (χ4v) is 4.19. The van der Waals surface area contributed by atoms with Gasteiger partial charge in [0.15, 0.2) is 0 Å². The topological polar surface area (TPSA) is 64.6 Å². The van der Waals surface area contributed by atoms with Crippen LogP contribution in [0.2, 0.25) is 5.28 Å². The van der Waals surface area contributed by atoms with Gasteiger partial charge in [-0.2, -0.15) is 0 Å². The van der Waals surface area contributed by atoms with Crippen LogP contribution < -0.4 is 15.1 Å². The van der Waals surface area contributed by atoms with Gasteiger partial charge in [0.25, 0.3) is 5.91 Å². The number of rotatable bonds is 4. The Bertz CT molecular complexity index is 891. The molecule has 1 N–H and O–H groups in total. The number of nitrogens with zero attached hydrogens (tertiary/aromatic N) is 5. The number of carbonyl (C=O) groups excluding carboxylic acids is 1. The number of halogens is 1. The Morgan fingerprint density at radius 2 is 1.80 bits per heavy atom. The van der Waals surface area contributed by atoms with Crippen molar-refractivity contribution in [3.05, 3.63) is 41.4 Å². The van der Waals surface area contributed by atoms with E-state index in [2.05, 4.69) is 56.1 Å². The maximum atomic E-state index is 12.8. The summed E-state index contributed by atoms with van der Waals surface area (Å²) in [4.78, 5) is 27.8. The molecule has 4 rings (SSSR count). The number of nitrogens with one attached hydrogen (secondary N) is 1. The number of hydrogen-bond donors (Lipinski definition) is 1. The van der Waals surface area contributed by atoms with Crippen LogP contribution in [-0.4, -0.2) is 67.1 Å². The van der Waals surface area contributed by atoms with Crippen LogP contribution in [0.15, 0.2) is 30.5 Å². The maximum Gasteiger partial charge on any atom is 0.274 e. The quantitative estimate of drug-likeness (QED) is 0.753. The fourth-order valence-electron chi connectivity index (χ4n) is 4.05. The first-order chi connectivity index (χ1) is 14.5. The highest BCUT2D eigenvalue weighted by molar-refractivity contribution is 6.28. The van der Waals surface area contributed by atoms with E-state index in [0.717, 1.165) is 69.4 Å². The minimum atomic E-state index is -0.279. The Labute approximate surface area is 183 Å². The number of hydrogen-bond acceptors (Lipinski definition) is 6. The summed E-state index contributed by atoms with van der Waals surface area (Å²) >= 11 is 5.86. The van der Waals surface area contributed by atoms with Crippen LogP contribution in [0.1, 0.15) is 30.3 Å². The van der Waals surface area contributed by atoms with Gasteiger partial charge in [-0.1, -0.05) is 6.92 Å². The fraction of sp³-hybridized carbons (Fsp3) is 0.500. The molecule has 0 bridgehead atoms. The van der Waals surface area contributed by atoms with Crippen molar-refractivity contribution in [1.29, 1.82) is 0 Å². The van der Waals surface area contributed by atoms with Crippen molar-refractivity contribution in [3.63, 3.8) is 0 Å². The second-order valence-corrected chi connectivity index (χ2v) is 8.66. The van der Waals surface area contributed by atoms with E-state index in [9.17, 15) is 4.79 Å². The summed E-state index contributed by atoms with van der Waals surface area (Å²) < 4.78 is 0. The van der Waals surface area contributed by atoms with Crippen molar-refractivity contribution < 1.29 is 4.79 Å². The van der Waals surface area contributed by atoms with Crippen LogP contribution in [0.25, 0.3) is 0 Å². The first-order valence-electron chi connectivity index (χ1n) is 10.6. The first-order valence-corrected chi connectivity index (χ1v) is 11.0. The lowest BCUT2D eigenvalue weighted by atomic mass is 9.98. The average Bonchev–Trinajstić information content (AvgIpc) is 2.75. The molecule has 2 aliphatic heterocycles. The van der Waals surface area contributed by atoms with Gasteiger partial charge in [0, 0.05) is 51.2 Å². The highest BCUT2D eigenvalue weighted by Gasteiger charge is 2.22. The monoisotopic (exact) mass is 428 g/mol. The standard InChI is InChI=1S/C22H29ClN6O/c1-16-6-9-29(10-7-16)20-15-17(28-13-11-27(2)12-14-28)3-4-18(20)25-21(30)19-5-8-24-22(23)26-19/h3-5,8,15-16H,6-7,9-14H2,1-2H3,(H,25,30). The SMILES string of the molecule is CC1CCN(c2cc(N3CCN(C)CC3)ccc2NC(=O)c2ccnc(Cl)n2)CC1. The summed E-state index contributed by atoms with van der Waals surface area (Å²) in [6.07, 6.45) is 3.81. The van der Waals surface area contributed by atoms with Crippen molar-refractivity contribution >= 4 is 34.6 Å². The van der Waals surface area contributed by atoms with Crippen molar-refractivity contribution in [3.8, 4) is 0 Å². The first kappa shape index (κ1) is 20.9. The number of piperazine rings is 1. The van der Waals surface area contributed by atoms with Gasteiger partial charge in [-0.05, 0) is 61.7 Å². The molecule has 2 aliphatic rings. The molecule has 1 aromatic heterocycles. The van der Waals surface area contributed by atoms with E-state index in [1.54, 1.807) is 6.07 Å². The van der Waals surface area contributed by atoms with E-state index < -0.39 is 0 Å². The molecule has 2 saturated heterocycles. The normalized spacial score (nSPS) is 18.5. The van der Waals surface area contributed by atoms with Gasteiger partial charge in [0.05, 0.1) is 11.4 Å². The Morgan fingerprint density at radius 3 is 2.50 bits per heavy atom. The Balaban J connectivity index is 1.60. The Kier molecular flexibility index (Phi) is 6.39. The molecule has 0 unspecified atom stereocenters. The zero-order chi connectivity index (χ0) is 21.1. The molecule has 7 nitrogen and oxygen atoms in total. The van der Waals surface area contributed by atoms with E-state index in [1.807, 2.05) is 6.07 Å². The maximum absolute atomic E-state index is 12.8. The minimum Gasteiger partial charge on any atom is -0.370 e. The van der Waals surface area contributed by atoms with Crippen LogP contribution in [0.5, 0.6) is 0 Å². The second kappa shape index (κ2) is 9.18. The number of carbonyl (C=O) groups is 1. The molecule has 8 heteroatoms. The van der Waals surface area contributed by atoms with Crippen LogP contribution >= 0.6 is 11.6 Å². The molecular formula is C22H29ClN6O. The largest absolute Gasteiger partial charge is 0.370 e. The molecule has 1 amide bonds. The van der Waals surface area contributed by atoms with Crippen LogP contribution in [0.3, 0.4) is 0 Å². The number of amides is 1. The molecule has 0 aliphatic carbocycles. The van der Waals surface area contributed by atoms with E-state index >= 15 is 0 Å². The smallest absolute Gasteiger partial charge is 0.274 e. The molecular weight excluding hydrogens is 400 g/mol. The zero-order valence-corrected chi connectivity index (χ0v) is 18.4. The summed E-state index contributed by atoms with van der Waals surface area (Å²) in [5, 5.41) is 3.11.